The maximum Gasteiger partial charge on any atom is 0.490 e. The largest absolute Gasteiger partial charge is 0.490 e. The molecule has 2 aromatic carbocycles. The lowest BCUT2D eigenvalue weighted by atomic mass is 9.96. The van der Waals surface area contributed by atoms with Crippen LogP contribution in [-0.4, -0.2) is 28.1 Å². The minimum absolute atomic E-state index is 0.00744. The fourth-order valence-corrected chi connectivity index (χ4v) is 3.42. The van der Waals surface area contributed by atoms with Gasteiger partial charge in [0.05, 0.1) is 12.2 Å². The van der Waals surface area contributed by atoms with Crippen molar-refractivity contribution in [2.24, 2.45) is 0 Å². The highest BCUT2D eigenvalue weighted by molar-refractivity contribution is 6.30. The summed E-state index contributed by atoms with van der Waals surface area (Å²) in [6.45, 7) is 2.12. The van der Waals surface area contributed by atoms with Crippen molar-refractivity contribution in [1.29, 1.82) is 0 Å². The number of benzene rings is 2. The summed E-state index contributed by atoms with van der Waals surface area (Å²) < 4.78 is 31.7. The molecular formula is C24H18ClF3N2O3. The van der Waals surface area contributed by atoms with Crippen LogP contribution < -0.4 is 4.90 Å². The Morgan fingerprint density at radius 3 is 2.21 bits per heavy atom. The van der Waals surface area contributed by atoms with Crippen LogP contribution in [0.1, 0.15) is 23.6 Å². The van der Waals surface area contributed by atoms with Crippen molar-refractivity contribution in [2.45, 2.75) is 19.6 Å². The fourth-order valence-electron chi connectivity index (χ4n) is 3.24. The maximum absolute atomic E-state index is 12.3. The van der Waals surface area contributed by atoms with Crippen LogP contribution in [0.3, 0.4) is 0 Å². The molecule has 2 heterocycles. The molecule has 0 spiro atoms. The predicted octanol–water partition coefficient (Wildman–Crippen LogP) is 6.07. The van der Waals surface area contributed by atoms with E-state index in [4.69, 9.17) is 21.5 Å². The summed E-state index contributed by atoms with van der Waals surface area (Å²) in [5.41, 5.74) is 6.25. The number of aromatic nitrogens is 1. The van der Waals surface area contributed by atoms with E-state index in [9.17, 15) is 18.0 Å². The van der Waals surface area contributed by atoms with E-state index in [1.165, 1.54) is 0 Å². The van der Waals surface area contributed by atoms with Crippen molar-refractivity contribution in [3.8, 4) is 11.1 Å². The van der Waals surface area contributed by atoms with E-state index in [0.29, 0.717) is 11.6 Å². The number of amides is 1. The Balaban J connectivity index is 0.000000383. The van der Waals surface area contributed by atoms with E-state index in [1.54, 1.807) is 24.2 Å². The van der Waals surface area contributed by atoms with Gasteiger partial charge in [0.25, 0.3) is 0 Å². The Hall–Kier alpha value is -3.65. The molecular weight excluding hydrogens is 457 g/mol. The second-order valence-corrected chi connectivity index (χ2v) is 7.53. The predicted molar refractivity (Wildman–Crippen MR) is 121 cm³/mol. The van der Waals surface area contributed by atoms with Crippen molar-refractivity contribution in [3.63, 3.8) is 0 Å². The number of fused-ring (bicyclic) bond motifs is 2. The Morgan fingerprint density at radius 1 is 0.970 bits per heavy atom. The molecule has 4 rings (SSSR count). The van der Waals surface area contributed by atoms with Crippen LogP contribution in [0.15, 0.2) is 60.9 Å². The van der Waals surface area contributed by atoms with Crippen molar-refractivity contribution in [2.75, 3.05) is 4.90 Å². The molecule has 1 amide bonds. The normalized spacial score (nSPS) is 13.4. The van der Waals surface area contributed by atoms with Crippen molar-refractivity contribution < 1.29 is 27.9 Å². The number of carboxylic acid groups (broad SMARTS) is 1. The van der Waals surface area contributed by atoms with Crippen LogP contribution >= 0.6 is 11.6 Å². The molecule has 1 aliphatic rings. The maximum atomic E-state index is 12.3. The van der Waals surface area contributed by atoms with Crippen molar-refractivity contribution >= 4 is 41.3 Å². The standard InChI is InChI=1S/C22H17ClN2O.C2HF3O2/c1-15(26)25-14-20-5-3-17(16-8-10-24-11-9-16)12-18(20)2-4-19-13-21(23)6-7-22(19)25;3-2(4,5)1(6)7/h2-13H,14H2,1H3;(H,6,7)/b4-2-;. The van der Waals surface area contributed by atoms with Crippen LogP contribution in [0.25, 0.3) is 23.3 Å². The highest BCUT2D eigenvalue weighted by atomic mass is 35.5. The fraction of sp³-hybridized carbons (Fsp3) is 0.125. The number of hydrogen-bond acceptors (Lipinski definition) is 3. The minimum atomic E-state index is -5.08. The molecule has 3 aromatic rings. The van der Waals surface area contributed by atoms with E-state index in [1.807, 2.05) is 36.4 Å². The number of carboxylic acids is 1. The topological polar surface area (TPSA) is 70.5 Å². The Labute approximate surface area is 192 Å². The van der Waals surface area contributed by atoms with E-state index in [2.05, 4.69) is 29.3 Å². The molecule has 0 fully saturated rings. The molecule has 0 radical (unpaired) electrons. The molecule has 5 nitrogen and oxygen atoms in total. The van der Waals surface area contributed by atoms with Crippen LogP contribution in [-0.2, 0) is 16.1 Å². The zero-order valence-corrected chi connectivity index (χ0v) is 18.1. The van der Waals surface area contributed by atoms with Gasteiger partial charge in [-0.3, -0.25) is 9.78 Å². The number of carbonyl (C=O) groups is 2. The number of anilines is 1. The van der Waals surface area contributed by atoms with Gasteiger partial charge in [-0.25, -0.2) is 4.79 Å². The molecule has 0 unspecified atom stereocenters. The highest BCUT2D eigenvalue weighted by Gasteiger charge is 2.38. The lowest BCUT2D eigenvalue weighted by Gasteiger charge is -2.26. The highest BCUT2D eigenvalue weighted by Crippen LogP contribution is 2.32. The summed E-state index contributed by atoms with van der Waals surface area (Å²) in [5.74, 6) is -2.75. The summed E-state index contributed by atoms with van der Waals surface area (Å²) >= 11 is 6.16. The first kappa shape index (κ1) is 24.0. The van der Waals surface area contributed by atoms with Gasteiger partial charge in [-0.05, 0) is 64.2 Å². The van der Waals surface area contributed by atoms with Crippen LogP contribution in [0.4, 0.5) is 18.9 Å². The summed E-state index contributed by atoms with van der Waals surface area (Å²) in [5, 5.41) is 7.78. The number of carbonyl (C=O) groups excluding carboxylic acids is 1. The van der Waals surface area contributed by atoms with Gasteiger partial charge in [-0.1, -0.05) is 35.9 Å². The third-order valence-corrected chi connectivity index (χ3v) is 5.07. The number of halogens is 4. The molecule has 0 atom stereocenters. The Morgan fingerprint density at radius 2 is 1.61 bits per heavy atom. The number of alkyl halides is 3. The molecule has 1 aromatic heterocycles. The Kier molecular flexibility index (Phi) is 7.18. The second kappa shape index (κ2) is 9.87. The lowest BCUT2D eigenvalue weighted by molar-refractivity contribution is -0.192. The van der Waals surface area contributed by atoms with Gasteiger partial charge in [0.1, 0.15) is 0 Å². The number of hydrogen-bond donors (Lipinski definition) is 1. The first-order chi connectivity index (χ1) is 15.6. The van der Waals surface area contributed by atoms with Crippen molar-refractivity contribution in [3.05, 3.63) is 82.6 Å². The molecule has 0 saturated carbocycles. The van der Waals surface area contributed by atoms with E-state index >= 15 is 0 Å². The van der Waals surface area contributed by atoms with Gasteiger partial charge in [0.15, 0.2) is 0 Å². The van der Waals surface area contributed by atoms with Gasteiger partial charge in [-0.15, -0.1) is 0 Å². The van der Waals surface area contributed by atoms with Gasteiger partial charge >= 0.3 is 12.1 Å². The zero-order valence-electron chi connectivity index (χ0n) is 17.3. The van der Waals surface area contributed by atoms with Crippen LogP contribution in [0.2, 0.25) is 5.02 Å². The van der Waals surface area contributed by atoms with Gasteiger partial charge in [-0.2, -0.15) is 13.2 Å². The minimum Gasteiger partial charge on any atom is -0.475 e. The first-order valence-corrected chi connectivity index (χ1v) is 10.0. The monoisotopic (exact) mass is 474 g/mol. The molecule has 33 heavy (non-hydrogen) atoms. The number of aliphatic carboxylic acids is 1. The molecule has 170 valence electrons. The zero-order chi connectivity index (χ0) is 24.2. The third kappa shape index (κ3) is 5.98. The molecule has 9 heteroatoms. The molecule has 0 bridgehead atoms. The number of rotatable bonds is 1. The third-order valence-electron chi connectivity index (χ3n) is 4.83. The van der Waals surface area contributed by atoms with Gasteiger partial charge in [0.2, 0.25) is 5.91 Å². The summed E-state index contributed by atoms with van der Waals surface area (Å²) in [7, 11) is 0. The molecule has 0 saturated heterocycles. The summed E-state index contributed by atoms with van der Waals surface area (Å²) in [6, 6.07) is 15.9. The molecule has 0 aliphatic carbocycles. The van der Waals surface area contributed by atoms with Gasteiger partial charge < -0.3 is 10.0 Å². The summed E-state index contributed by atoms with van der Waals surface area (Å²) in [6.07, 6.45) is 2.60. The number of pyridine rings is 1. The van der Waals surface area contributed by atoms with Crippen LogP contribution in [0.5, 0.6) is 0 Å². The first-order valence-electron chi connectivity index (χ1n) is 9.65. The van der Waals surface area contributed by atoms with Crippen LogP contribution in [0, 0.1) is 0 Å². The molecule has 1 N–H and O–H groups in total. The Bertz CT molecular complexity index is 1210. The quantitative estimate of drug-likeness (QED) is 0.464. The van der Waals surface area contributed by atoms with E-state index < -0.39 is 12.1 Å². The summed E-state index contributed by atoms with van der Waals surface area (Å²) in [4.78, 5) is 27.0. The molecule has 1 aliphatic heterocycles. The van der Waals surface area contributed by atoms with E-state index in [-0.39, 0.29) is 5.91 Å². The lowest BCUT2D eigenvalue weighted by Crippen LogP contribution is -2.29. The average molecular weight is 475 g/mol. The van der Waals surface area contributed by atoms with Gasteiger partial charge in [0, 0.05) is 24.3 Å². The smallest absolute Gasteiger partial charge is 0.475 e. The van der Waals surface area contributed by atoms with Crippen molar-refractivity contribution in [1.82, 2.24) is 4.98 Å². The van der Waals surface area contributed by atoms with E-state index in [0.717, 1.165) is 33.5 Å². The SMILES string of the molecule is CC(=O)N1Cc2ccc(-c3ccncc3)cc2/C=C\c2cc(Cl)ccc21.O=C(O)C(F)(F)F. The second-order valence-electron chi connectivity index (χ2n) is 7.09. The number of nitrogens with zero attached hydrogens (tertiary/aromatic N) is 2. The average Bonchev–Trinajstić information content (AvgIpc) is 2.75.